The van der Waals surface area contributed by atoms with Crippen LogP contribution in [0.15, 0.2) is 12.2 Å². The van der Waals surface area contributed by atoms with Crippen molar-refractivity contribution in [1.29, 1.82) is 0 Å². The maximum Gasteiger partial charge on any atom is 0.0522 e. The average Bonchev–Trinajstić information content (AvgIpc) is 2.33. The van der Waals surface area contributed by atoms with E-state index in [-0.39, 0.29) is 17.4 Å². The van der Waals surface area contributed by atoms with E-state index in [2.05, 4.69) is 33.3 Å². The molecule has 1 saturated carbocycles. The second-order valence-electron chi connectivity index (χ2n) is 5.70. The van der Waals surface area contributed by atoms with Gasteiger partial charge in [-0.2, -0.15) is 0 Å². The molecule has 0 bridgehead atoms. The van der Waals surface area contributed by atoms with Gasteiger partial charge in [-0.1, -0.05) is 32.9 Å². The van der Waals surface area contributed by atoms with E-state index < -0.39 is 0 Å². The first-order valence-electron chi connectivity index (χ1n) is 5.61. The second-order valence-corrected chi connectivity index (χ2v) is 5.70. The molecule has 15 heavy (non-hydrogen) atoms. The standard InChI is InChI=1S/C14H22O/c1-6-7-8-12-11(2)14(5,10-15)9-13(12,3)4/h1,12,15H,2,7-10H2,3-5H3/t12-,14-/m1/s1. The molecule has 1 aliphatic rings. The van der Waals surface area contributed by atoms with Crippen molar-refractivity contribution >= 4 is 0 Å². The van der Waals surface area contributed by atoms with E-state index in [9.17, 15) is 5.11 Å². The Morgan fingerprint density at radius 2 is 2.13 bits per heavy atom. The molecule has 84 valence electrons. The number of hydrogen-bond acceptors (Lipinski definition) is 1. The van der Waals surface area contributed by atoms with E-state index in [1.165, 1.54) is 5.57 Å². The Morgan fingerprint density at radius 3 is 2.53 bits per heavy atom. The van der Waals surface area contributed by atoms with Crippen LogP contribution >= 0.6 is 0 Å². The zero-order valence-electron chi connectivity index (χ0n) is 10.1. The molecular weight excluding hydrogens is 184 g/mol. The minimum atomic E-state index is -0.108. The summed E-state index contributed by atoms with van der Waals surface area (Å²) in [6, 6.07) is 0. The lowest BCUT2D eigenvalue weighted by Crippen LogP contribution is -2.20. The highest BCUT2D eigenvalue weighted by molar-refractivity contribution is 5.23. The Kier molecular flexibility index (Phi) is 3.31. The molecular formula is C14H22O. The van der Waals surface area contributed by atoms with Crippen LogP contribution in [0.4, 0.5) is 0 Å². The minimum absolute atomic E-state index is 0.108. The smallest absolute Gasteiger partial charge is 0.0522 e. The lowest BCUT2D eigenvalue weighted by Gasteiger charge is -2.26. The van der Waals surface area contributed by atoms with Crippen LogP contribution in [0.2, 0.25) is 0 Å². The number of aliphatic hydroxyl groups excluding tert-OH is 1. The van der Waals surface area contributed by atoms with Gasteiger partial charge in [0, 0.05) is 11.8 Å². The molecule has 0 saturated heterocycles. The van der Waals surface area contributed by atoms with Crippen LogP contribution in [0, 0.1) is 29.1 Å². The van der Waals surface area contributed by atoms with Crippen molar-refractivity contribution in [3.63, 3.8) is 0 Å². The summed E-state index contributed by atoms with van der Waals surface area (Å²) in [6.07, 6.45) is 8.11. The summed E-state index contributed by atoms with van der Waals surface area (Å²) >= 11 is 0. The van der Waals surface area contributed by atoms with Crippen molar-refractivity contribution in [2.24, 2.45) is 16.7 Å². The van der Waals surface area contributed by atoms with E-state index in [1.807, 2.05) is 0 Å². The van der Waals surface area contributed by atoms with Crippen molar-refractivity contribution in [2.75, 3.05) is 6.61 Å². The van der Waals surface area contributed by atoms with Crippen LogP contribution < -0.4 is 0 Å². The topological polar surface area (TPSA) is 20.2 Å². The molecule has 1 heteroatoms. The number of terminal acetylenes is 1. The largest absolute Gasteiger partial charge is 0.395 e. The molecule has 0 unspecified atom stereocenters. The zero-order valence-corrected chi connectivity index (χ0v) is 10.1. The van der Waals surface area contributed by atoms with E-state index in [4.69, 9.17) is 6.42 Å². The Morgan fingerprint density at radius 1 is 1.53 bits per heavy atom. The molecule has 2 atom stereocenters. The third-order valence-corrected chi connectivity index (χ3v) is 3.91. The maximum absolute atomic E-state index is 9.47. The molecule has 1 aliphatic carbocycles. The van der Waals surface area contributed by atoms with Gasteiger partial charge in [0.2, 0.25) is 0 Å². The lowest BCUT2D eigenvalue weighted by molar-refractivity contribution is 0.155. The average molecular weight is 206 g/mol. The van der Waals surface area contributed by atoms with Crippen molar-refractivity contribution in [2.45, 2.75) is 40.0 Å². The van der Waals surface area contributed by atoms with Crippen molar-refractivity contribution in [3.05, 3.63) is 12.2 Å². The highest BCUT2D eigenvalue weighted by atomic mass is 16.3. The summed E-state index contributed by atoms with van der Waals surface area (Å²) in [4.78, 5) is 0. The van der Waals surface area contributed by atoms with Crippen LogP contribution in [0.1, 0.15) is 40.0 Å². The van der Waals surface area contributed by atoms with Crippen LogP contribution in [0.3, 0.4) is 0 Å². The highest BCUT2D eigenvalue weighted by Gasteiger charge is 2.49. The first-order chi connectivity index (χ1) is 6.87. The van der Waals surface area contributed by atoms with Gasteiger partial charge in [0.15, 0.2) is 0 Å². The van der Waals surface area contributed by atoms with Gasteiger partial charge in [0.25, 0.3) is 0 Å². The van der Waals surface area contributed by atoms with E-state index >= 15 is 0 Å². The zero-order chi connectivity index (χ0) is 11.7. The normalized spacial score (nSPS) is 34.1. The predicted octanol–water partition coefficient (Wildman–Crippen LogP) is 3.00. The minimum Gasteiger partial charge on any atom is -0.395 e. The van der Waals surface area contributed by atoms with E-state index in [0.717, 1.165) is 19.3 Å². The first kappa shape index (κ1) is 12.3. The summed E-state index contributed by atoms with van der Waals surface area (Å²) in [5.41, 5.74) is 1.29. The third-order valence-electron chi connectivity index (χ3n) is 3.91. The summed E-state index contributed by atoms with van der Waals surface area (Å²) in [5.74, 6) is 3.14. The van der Waals surface area contributed by atoms with E-state index in [1.54, 1.807) is 0 Å². The molecule has 1 N–H and O–H groups in total. The summed E-state index contributed by atoms with van der Waals surface area (Å²) in [5, 5.41) is 9.47. The van der Waals surface area contributed by atoms with Crippen LogP contribution in [0.25, 0.3) is 0 Å². The number of rotatable bonds is 3. The predicted molar refractivity (Wildman–Crippen MR) is 64.3 cm³/mol. The molecule has 0 aromatic heterocycles. The van der Waals surface area contributed by atoms with Gasteiger partial charge in [-0.05, 0) is 24.2 Å². The maximum atomic E-state index is 9.47. The van der Waals surface area contributed by atoms with Crippen LogP contribution in [-0.2, 0) is 0 Å². The van der Waals surface area contributed by atoms with Gasteiger partial charge in [-0.3, -0.25) is 0 Å². The van der Waals surface area contributed by atoms with Gasteiger partial charge in [-0.15, -0.1) is 12.3 Å². The SMILES string of the molecule is C#CCC[C@@H]1C(=C)[C@@](C)(CO)CC1(C)C. The van der Waals surface area contributed by atoms with Crippen molar-refractivity contribution in [1.82, 2.24) is 0 Å². The Labute approximate surface area is 93.6 Å². The molecule has 0 aliphatic heterocycles. The molecule has 0 aromatic rings. The summed E-state index contributed by atoms with van der Waals surface area (Å²) in [7, 11) is 0. The summed E-state index contributed by atoms with van der Waals surface area (Å²) < 4.78 is 0. The monoisotopic (exact) mass is 206 g/mol. The first-order valence-corrected chi connectivity index (χ1v) is 5.61. The quantitative estimate of drug-likeness (QED) is 0.556. The molecule has 1 nitrogen and oxygen atoms in total. The molecule has 1 rings (SSSR count). The van der Waals surface area contributed by atoms with Gasteiger partial charge < -0.3 is 5.11 Å². The van der Waals surface area contributed by atoms with Gasteiger partial charge in [0.05, 0.1) is 6.61 Å². The molecule has 1 fully saturated rings. The van der Waals surface area contributed by atoms with Gasteiger partial charge in [-0.25, -0.2) is 0 Å². The Hall–Kier alpha value is -0.740. The highest BCUT2D eigenvalue weighted by Crippen LogP contribution is 2.56. The molecule has 0 radical (unpaired) electrons. The molecule has 0 aromatic carbocycles. The van der Waals surface area contributed by atoms with Gasteiger partial charge in [0.1, 0.15) is 0 Å². The van der Waals surface area contributed by atoms with Gasteiger partial charge >= 0.3 is 0 Å². The van der Waals surface area contributed by atoms with E-state index in [0.29, 0.717) is 5.92 Å². The third kappa shape index (κ3) is 2.11. The Balaban J connectivity index is 2.88. The second kappa shape index (κ2) is 4.02. The van der Waals surface area contributed by atoms with Crippen LogP contribution in [0.5, 0.6) is 0 Å². The molecule has 0 spiro atoms. The fourth-order valence-electron chi connectivity index (χ4n) is 3.08. The van der Waals surface area contributed by atoms with Crippen molar-refractivity contribution < 1.29 is 5.11 Å². The summed E-state index contributed by atoms with van der Waals surface area (Å²) in [6.45, 7) is 11.0. The lowest BCUT2D eigenvalue weighted by atomic mass is 9.78. The molecule has 0 amide bonds. The number of aliphatic hydroxyl groups is 1. The Bertz CT molecular complexity index is 295. The van der Waals surface area contributed by atoms with Crippen molar-refractivity contribution in [3.8, 4) is 12.3 Å². The fraction of sp³-hybridized carbons (Fsp3) is 0.714. The number of hydrogen-bond donors (Lipinski definition) is 1. The van der Waals surface area contributed by atoms with Crippen LogP contribution in [-0.4, -0.2) is 11.7 Å². The fourth-order valence-corrected chi connectivity index (χ4v) is 3.08. The molecule has 0 heterocycles.